The lowest BCUT2D eigenvalue weighted by Gasteiger charge is -2.29. The Labute approximate surface area is 164 Å². The third-order valence-electron chi connectivity index (χ3n) is 5.05. The van der Waals surface area contributed by atoms with E-state index in [4.69, 9.17) is 0 Å². The van der Waals surface area contributed by atoms with E-state index in [0.29, 0.717) is 11.0 Å². The number of benzene rings is 1. The number of rotatable bonds is 7. The highest BCUT2D eigenvalue weighted by Crippen LogP contribution is 2.26. The first-order valence-electron chi connectivity index (χ1n) is 9.76. The number of fused-ring (bicyclic) bond motifs is 1. The normalized spacial score (nSPS) is 17.6. The molecule has 2 N–H and O–H groups in total. The van der Waals surface area contributed by atoms with Gasteiger partial charge in [0.25, 0.3) is 0 Å². The Balaban J connectivity index is 1.63. The van der Waals surface area contributed by atoms with E-state index >= 15 is 0 Å². The van der Waals surface area contributed by atoms with Crippen LogP contribution in [0, 0.1) is 5.82 Å². The summed E-state index contributed by atoms with van der Waals surface area (Å²) in [6, 6.07) is 5.01. The summed E-state index contributed by atoms with van der Waals surface area (Å²) in [5, 5.41) is 7.17. The Morgan fingerprint density at radius 1 is 1.37 bits per heavy atom. The van der Waals surface area contributed by atoms with Crippen LogP contribution >= 0.6 is 11.3 Å². The van der Waals surface area contributed by atoms with E-state index in [1.165, 1.54) is 27.8 Å². The summed E-state index contributed by atoms with van der Waals surface area (Å²) in [7, 11) is 0. The monoisotopic (exact) mass is 389 g/mol. The molecule has 2 atom stereocenters. The van der Waals surface area contributed by atoms with E-state index in [2.05, 4.69) is 36.4 Å². The number of amides is 1. The SMILES string of the molecule is CCC[C@H](N[C@H]1CCc2cc(F)ccc2C1)C(=O)Nc1ncc(C(C)C)s1. The van der Waals surface area contributed by atoms with Gasteiger partial charge >= 0.3 is 0 Å². The second-order valence-corrected chi connectivity index (χ2v) is 8.63. The van der Waals surface area contributed by atoms with Gasteiger partial charge in [-0.15, -0.1) is 11.3 Å². The molecule has 3 rings (SSSR count). The molecule has 2 aromatic rings. The van der Waals surface area contributed by atoms with Gasteiger partial charge in [-0.1, -0.05) is 33.3 Å². The van der Waals surface area contributed by atoms with E-state index in [9.17, 15) is 9.18 Å². The van der Waals surface area contributed by atoms with Crippen LogP contribution in [0.1, 0.15) is 62.0 Å². The first kappa shape index (κ1) is 20.0. The Morgan fingerprint density at radius 2 is 2.19 bits per heavy atom. The zero-order valence-electron chi connectivity index (χ0n) is 16.2. The number of anilines is 1. The van der Waals surface area contributed by atoms with Crippen LogP contribution in [-0.4, -0.2) is 23.0 Å². The quantitative estimate of drug-likeness (QED) is 0.724. The molecular formula is C21H28FN3OS. The van der Waals surface area contributed by atoms with Crippen molar-refractivity contribution in [2.45, 2.75) is 70.9 Å². The van der Waals surface area contributed by atoms with Crippen LogP contribution in [0.3, 0.4) is 0 Å². The fourth-order valence-corrected chi connectivity index (χ4v) is 4.35. The van der Waals surface area contributed by atoms with Crippen molar-refractivity contribution in [3.05, 3.63) is 46.2 Å². The summed E-state index contributed by atoms with van der Waals surface area (Å²) in [5.74, 6) is 0.212. The highest BCUT2D eigenvalue weighted by atomic mass is 32.1. The van der Waals surface area contributed by atoms with Gasteiger partial charge in [0.05, 0.1) is 6.04 Å². The van der Waals surface area contributed by atoms with Crippen molar-refractivity contribution in [3.63, 3.8) is 0 Å². The minimum absolute atomic E-state index is 0.0218. The van der Waals surface area contributed by atoms with Gasteiger partial charge in [-0.3, -0.25) is 4.79 Å². The van der Waals surface area contributed by atoms with Gasteiger partial charge in [-0.25, -0.2) is 9.37 Å². The number of nitrogens with zero attached hydrogens (tertiary/aromatic N) is 1. The highest BCUT2D eigenvalue weighted by Gasteiger charge is 2.25. The van der Waals surface area contributed by atoms with E-state index in [-0.39, 0.29) is 23.8 Å². The number of aromatic nitrogens is 1. The number of hydrogen-bond acceptors (Lipinski definition) is 4. The number of aryl methyl sites for hydroxylation is 1. The maximum absolute atomic E-state index is 13.4. The number of thiazole rings is 1. The molecule has 0 aliphatic heterocycles. The third-order valence-corrected chi connectivity index (χ3v) is 6.26. The Bertz CT molecular complexity index is 789. The average molecular weight is 390 g/mol. The molecule has 1 aromatic heterocycles. The summed E-state index contributed by atoms with van der Waals surface area (Å²) < 4.78 is 13.4. The zero-order valence-corrected chi connectivity index (χ0v) is 17.0. The molecule has 1 aliphatic carbocycles. The smallest absolute Gasteiger partial charge is 0.243 e. The molecule has 6 heteroatoms. The minimum Gasteiger partial charge on any atom is -0.303 e. The Morgan fingerprint density at radius 3 is 2.89 bits per heavy atom. The molecule has 0 bridgehead atoms. The van der Waals surface area contributed by atoms with Crippen molar-refractivity contribution in [3.8, 4) is 0 Å². The fourth-order valence-electron chi connectivity index (χ4n) is 3.53. The number of carbonyl (C=O) groups excluding carboxylic acids is 1. The molecule has 0 unspecified atom stereocenters. The summed E-state index contributed by atoms with van der Waals surface area (Å²) in [6.07, 6.45) is 6.13. The molecule has 4 nitrogen and oxygen atoms in total. The molecule has 146 valence electrons. The van der Waals surface area contributed by atoms with Crippen LogP contribution in [0.25, 0.3) is 0 Å². The van der Waals surface area contributed by atoms with Crippen molar-refractivity contribution in [2.24, 2.45) is 0 Å². The van der Waals surface area contributed by atoms with Crippen molar-refractivity contribution >= 4 is 22.4 Å². The molecule has 1 heterocycles. The van der Waals surface area contributed by atoms with Crippen LogP contribution in [0.15, 0.2) is 24.4 Å². The summed E-state index contributed by atoms with van der Waals surface area (Å²) in [6.45, 7) is 6.32. The first-order chi connectivity index (χ1) is 13.0. The Hall–Kier alpha value is -1.79. The van der Waals surface area contributed by atoms with Crippen molar-refractivity contribution < 1.29 is 9.18 Å². The number of hydrogen-bond donors (Lipinski definition) is 2. The van der Waals surface area contributed by atoms with Crippen LogP contribution in [-0.2, 0) is 17.6 Å². The molecule has 0 saturated carbocycles. The van der Waals surface area contributed by atoms with Gasteiger partial charge in [0, 0.05) is 17.1 Å². The molecule has 27 heavy (non-hydrogen) atoms. The molecule has 0 radical (unpaired) electrons. The molecule has 1 amide bonds. The van der Waals surface area contributed by atoms with Crippen molar-refractivity contribution in [1.82, 2.24) is 10.3 Å². The van der Waals surface area contributed by atoms with E-state index < -0.39 is 0 Å². The van der Waals surface area contributed by atoms with Crippen LogP contribution in [0.4, 0.5) is 9.52 Å². The second kappa shape index (κ2) is 8.93. The number of halogens is 1. The van der Waals surface area contributed by atoms with E-state index in [1.807, 2.05) is 12.3 Å². The van der Waals surface area contributed by atoms with Gasteiger partial charge in [-0.2, -0.15) is 0 Å². The summed E-state index contributed by atoms with van der Waals surface area (Å²) in [5.41, 5.74) is 2.27. The van der Waals surface area contributed by atoms with Crippen LogP contribution in [0.5, 0.6) is 0 Å². The highest BCUT2D eigenvalue weighted by molar-refractivity contribution is 7.15. The summed E-state index contributed by atoms with van der Waals surface area (Å²) >= 11 is 1.54. The topological polar surface area (TPSA) is 54.0 Å². The van der Waals surface area contributed by atoms with Gasteiger partial charge < -0.3 is 10.6 Å². The molecule has 1 aliphatic rings. The molecule has 0 fully saturated rings. The largest absolute Gasteiger partial charge is 0.303 e. The molecule has 1 aromatic carbocycles. The average Bonchev–Trinajstić information content (AvgIpc) is 3.10. The predicted octanol–water partition coefficient (Wildman–Crippen LogP) is 4.66. The maximum Gasteiger partial charge on any atom is 0.243 e. The van der Waals surface area contributed by atoms with Crippen molar-refractivity contribution in [2.75, 3.05) is 5.32 Å². The lowest BCUT2D eigenvalue weighted by molar-refractivity contribution is -0.118. The Kier molecular flexibility index (Phi) is 6.60. The summed E-state index contributed by atoms with van der Waals surface area (Å²) in [4.78, 5) is 18.3. The van der Waals surface area contributed by atoms with E-state index in [0.717, 1.165) is 37.7 Å². The number of carbonyl (C=O) groups is 1. The van der Waals surface area contributed by atoms with Crippen LogP contribution in [0.2, 0.25) is 0 Å². The lowest BCUT2D eigenvalue weighted by atomic mass is 9.87. The van der Waals surface area contributed by atoms with E-state index in [1.54, 1.807) is 6.07 Å². The minimum atomic E-state index is -0.242. The van der Waals surface area contributed by atoms with Crippen molar-refractivity contribution in [1.29, 1.82) is 0 Å². The zero-order chi connectivity index (χ0) is 19.4. The molecular weight excluding hydrogens is 361 g/mol. The second-order valence-electron chi connectivity index (χ2n) is 7.57. The third kappa shape index (κ3) is 5.14. The standard InChI is InChI=1S/C21H28FN3OS/c1-4-5-18(20(26)25-21-23-12-19(27-21)13(2)3)24-17-9-7-14-10-16(22)8-6-15(14)11-17/h6,8,10,12-13,17-18,24H,4-5,7,9,11H2,1-3H3,(H,23,25,26)/t17-,18-/m0/s1. The fraction of sp³-hybridized carbons (Fsp3) is 0.524. The maximum atomic E-state index is 13.4. The van der Waals surface area contributed by atoms with Gasteiger partial charge in [0.1, 0.15) is 5.82 Å². The number of nitrogens with one attached hydrogen (secondary N) is 2. The van der Waals surface area contributed by atoms with Gasteiger partial charge in [0.15, 0.2) is 5.13 Å². The molecule has 0 saturated heterocycles. The lowest BCUT2D eigenvalue weighted by Crippen LogP contribution is -2.47. The predicted molar refractivity (Wildman–Crippen MR) is 109 cm³/mol. The van der Waals surface area contributed by atoms with Crippen LogP contribution < -0.4 is 10.6 Å². The molecule has 0 spiro atoms. The van der Waals surface area contributed by atoms with Gasteiger partial charge in [0.2, 0.25) is 5.91 Å². The first-order valence-corrected chi connectivity index (χ1v) is 10.6. The van der Waals surface area contributed by atoms with Gasteiger partial charge in [-0.05, 0) is 54.9 Å².